The number of carbonyl (C=O) groups is 1. The number of aryl methyl sites for hydroxylation is 1. The Balaban J connectivity index is 1.81. The number of halogens is 1. The van der Waals surface area contributed by atoms with Gasteiger partial charge in [-0.25, -0.2) is 0 Å². The first-order valence-electron chi connectivity index (χ1n) is 7.69. The number of carbonyl (C=O) groups excluding carboxylic acids is 1. The summed E-state index contributed by atoms with van der Waals surface area (Å²) in [5.74, 6) is -0.160. The van der Waals surface area contributed by atoms with Crippen molar-refractivity contribution >= 4 is 44.9 Å². The van der Waals surface area contributed by atoms with Gasteiger partial charge < -0.3 is 15.0 Å². The minimum Gasteiger partial charge on any atom is -0.465 e. The standard InChI is InChI=1S/C16H22BrN3O2S/c1-3-22-15(21)11-19-6-8-20(9-7-19)16(23)18-13-4-5-14(17)12(2)10-13/h4-5,10H,3,6-9,11H2,1-2H3,(H,18,23). The Kier molecular flexibility index (Phi) is 6.80. The van der Waals surface area contributed by atoms with Crippen LogP contribution in [0.2, 0.25) is 0 Å². The first-order valence-corrected chi connectivity index (χ1v) is 8.89. The number of piperazine rings is 1. The maximum Gasteiger partial charge on any atom is 0.320 e. The number of hydrogen-bond acceptors (Lipinski definition) is 4. The molecule has 0 radical (unpaired) electrons. The van der Waals surface area contributed by atoms with Crippen LogP contribution in [-0.2, 0) is 9.53 Å². The molecule has 23 heavy (non-hydrogen) atoms. The van der Waals surface area contributed by atoms with E-state index >= 15 is 0 Å². The molecule has 0 unspecified atom stereocenters. The molecule has 2 rings (SSSR count). The average molecular weight is 400 g/mol. The predicted molar refractivity (Wildman–Crippen MR) is 99.7 cm³/mol. The van der Waals surface area contributed by atoms with Gasteiger partial charge in [0.05, 0.1) is 13.2 Å². The van der Waals surface area contributed by atoms with Gasteiger partial charge in [0.1, 0.15) is 0 Å². The van der Waals surface area contributed by atoms with E-state index in [-0.39, 0.29) is 5.97 Å². The third kappa shape index (κ3) is 5.44. The number of benzene rings is 1. The molecule has 1 aromatic rings. The summed E-state index contributed by atoms with van der Waals surface area (Å²) in [5, 5.41) is 4.01. The minimum atomic E-state index is -0.160. The topological polar surface area (TPSA) is 44.8 Å². The summed E-state index contributed by atoms with van der Waals surface area (Å²) in [6.45, 7) is 7.88. The average Bonchev–Trinajstić information content (AvgIpc) is 2.52. The molecule has 1 saturated heterocycles. The molecule has 126 valence electrons. The molecule has 7 heteroatoms. The van der Waals surface area contributed by atoms with Gasteiger partial charge in [-0.3, -0.25) is 9.69 Å². The lowest BCUT2D eigenvalue weighted by atomic mass is 10.2. The molecule has 1 aliphatic heterocycles. The molecule has 0 atom stereocenters. The van der Waals surface area contributed by atoms with Gasteiger partial charge in [-0.1, -0.05) is 15.9 Å². The van der Waals surface area contributed by atoms with Gasteiger partial charge >= 0.3 is 5.97 Å². The van der Waals surface area contributed by atoms with Crippen molar-refractivity contribution in [3.63, 3.8) is 0 Å². The normalized spacial score (nSPS) is 15.3. The molecular formula is C16H22BrN3O2S. The second kappa shape index (κ2) is 8.61. The van der Waals surface area contributed by atoms with Crippen molar-refractivity contribution in [2.24, 2.45) is 0 Å². The van der Waals surface area contributed by atoms with Crippen molar-refractivity contribution in [3.05, 3.63) is 28.2 Å². The minimum absolute atomic E-state index is 0.160. The first kappa shape index (κ1) is 18.2. The Bertz CT molecular complexity index is 574. The molecule has 1 fully saturated rings. The van der Waals surface area contributed by atoms with E-state index in [1.54, 1.807) is 0 Å². The third-order valence-electron chi connectivity index (χ3n) is 3.73. The monoisotopic (exact) mass is 399 g/mol. The van der Waals surface area contributed by atoms with Crippen molar-refractivity contribution in [1.29, 1.82) is 0 Å². The second-order valence-electron chi connectivity index (χ2n) is 5.46. The Labute approximate surface area is 151 Å². The summed E-state index contributed by atoms with van der Waals surface area (Å²) in [5.41, 5.74) is 2.15. The number of ether oxygens (including phenoxy) is 1. The number of thiocarbonyl (C=S) groups is 1. The van der Waals surface area contributed by atoms with Gasteiger partial charge in [-0.15, -0.1) is 0 Å². The number of esters is 1. The fourth-order valence-corrected chi connectivity index (χ4v) is 2.97. The van der Waals surface area contributed by atoms with Crippen LogP contribution in [-0.4, -0.2) is 60.2 Å². The van der Waals surface area contributed by atoms with Crippen LogP contribution in [0.1, 0.15) is 12.5 Å². The highest BCUT2D eigenvalue weighted by Gasteiger charge is 2.21. The Morgan fingerprint density at radius 2 is 2.04 bits per heavy atom. The molecule has 5 nitrogen and oxygen atoms in total. The maximum atomic E-state index is 11.5. The predicted octanol–water partition coefficient (Wildman–Crippen LogP) is 2.64. The summed E-state index contributed by atoms with van der Waals surface area (Å²) in [6.07, 6.45) is 0. The van der Waals surface area contributed by atoms with Crippen molar-refractivity contribution in [2.45, 2.75) is 13.8 Å². The van der Waals surface area contributed by atoms with Crippen LogP contribution in [0.25, 0.3) is 0 Å². The summed E-state index contributed by atoms with van der Waals surface area (Å²) >= 11 is 8.99. The number of nitrogens with zero attached hydrogens (tertiary/aromatic N) is 2. The van der Waals surface area contributed by atoms with Gasteiger partial charge in [-0.05, 0) is 49.8 Å². The number of nitrogens with one attached hydrogen (secondary N) is 1. The van der Waals surface area contributed by atoms with Crippen molar-refractivity contribution in [1.82, 2.24) is 9.80 Å². The van der Waals surface area contributed by atoms with Gasteiger partial charge in [0, 0.05) is 36.3 Å². The largest absolute Gasteiger partial charge is 0.465 e. The molecule has 1 aliphatic rings. The fourth-order valence-electron chi connectivity index (χ4n) is 2.42. The quantitative estimate of drug-likeness (QED) is 0.620. The molecule has 0 bridgehead atoms. The van der Waals surface area contributed by atoms with E-state index in [2.05, 4.69) is 37.1 Å². The number of rotatable bonds is 4. The zero-order valence-corrected chi connectivity index (χ0v) is 15.9. The molecule has 0 amide bonds. The highest BCUT2D eigenvalue weighted by Crippen LogP contribution is 2.20. The SMILES string of the molecule is CCOC(=O)CN1CCN(C(=S)Nc2ccc(Br)c(C)c2)CC1. The fraction of sp³-hybridized carbons (Fsp3) is 0.500. The number of hydrogen-bond donors (Lipinski definition) is 1. The molecule has 1 heterocycles. The zero-order valence-electron chi connectivity index (χ0n) is 13.5. The third-order valence-corrected chi connectivity index (χ3v) is 4.98. The van der Waals surface area contributed by atoms with Crippen LogP contribution in [0.5, 0.6) is 0 Å². The molecule has 0 spiro atoms. The first-order chi connectivity index (χ1) is 11.0. The highest BCUT2D eigenvalue weighted by molar-refractivity contribution is 9.10. The molecule has 0 saturated carbocycles. The Morgan fingerprint density at radius 1 is 1.35 bits per heavy atom. The Hall–Kier alpha value is -1.18. The number of anilines is 1. The van der Waals surface area contributed by atoms with Gasteiger partial charge in [0.15, 0.2) is 5.11 Å². The lowest BCUT2D eigenvalue weighted by Gasteiger charge is -2.35. The summed E-state index contributed by atoms with van der Waals surface area (Å²) in [4.78, 5) is 15.7. The van der Waals surface area contributed by atoms with Crippen LogP contribution < -0.4 is 5.32 Å². The highest BCUT2D eigenvalue weighted by atomic mass is 79.9. The van der Waals surface area contributed by atoms with E-state index in [4.69, 9.17) is 17.0 Å². The molecule has 0 aliphatic carbocycles. The maximum absolute atomic E-state index is 11.5. The van der Waals surface area contributed by atoms with Gasteiger partial charge in [0.25, 0.3) is 0 Å². The van der Waals surface area contributed by atoms with Crippen LogP contribution in [0.15, 0.2) is 22.7 Å². The van der Waals surface area contributed by atoms with E-state index in [0.29, 0.717) is 13.2 Å². The van der Waals surface area contributed by atoms with E-state index in [0.717, 1.165) is 47.0 Å². The van der Waals surface area contributed by atoms with E-state index in [1.165, 1.54) is 0 Å². The summed E-state index contributed by atoms with van der Waals surface area (Å²) < 4.78 is 6.07. The lowest BCUT2D eigenvalue weighted by molar-refractivity contribution is -0.144. The smallest absolute Gasteiger partial charge is 0.320 e. The summed E-state index contributed by atoms with van der Waals surface area (Å²) in [6, 6.07) is 6.07. The molecule has 1 N–H and O–H groups in total. The van der Waals surface area contributed by atoms with E-state index in [9.17, 15) is 4.79 Å². The Morgan fingerprint density at radius 3 is 2.65 bits per heavy atom. The van der Waals surface area contributed by atoms with E-state index < -0.39 is 0 Å². The molecule has 0 aromatic heterocycles. The van der Waals surface area contributed by atoms with Crippen LogP contribution in [0.3, 0.4) is 0 Å². The van der Waals surface area contributed by atoms with Crippen molar-refractivity contribution < 1.29 is 9.53 Å². The van der Waals surface area contributed by atoms with Gasteiger partial charge in [-0.2, -0.15) is 0 Å². The second-order valence-corrected chi connectivity index (χ2v) is 6.70. The summed E-state index contributed by atoms with van der Waals surface area (Å²) in [7, 11) is 0. The zero-order chi connectivity index (χ0) is 16.8. The molecular weight excluding hydrogens is 378 g/mol. The van der Waals surface area contributed by atoms with E-state index in [1.807, 2.05) is 26.0 Å². The van der Waals surface area contributed by atoms with Gasteiger partial charge in [0.2, 0.25) is 0 Å². The van der Waals surface area contributed by atoms with Crippen LogP contribution >= 0.6 is 28.1 Å². The van der Waals surface area contributed by atoms with Crippen molar-refractivity contribution in [3.8, 4) is 0 Å². The van der Waals surface area contributed by atoms with Crippen molar-refractivity contribution in [2.75, 3.05) is 44.6 Å². The molecule has 1 aromatic carbocycles. The lowest BCUT2D eigenvalue weighted by Crippen LogP contribution is -2.51. The van der Waals surface area contributed by atoms with Crippen LogP contribution in [0.4, 0.5) is 5.69 Å². The van der Waals surface area contributed by atoms with Crippen LogP contribution in [0, 0.1) is 6.92 Å².